The van der Waals surface area contributed by atoms with Gasteiger partial charge in [-0.2, -0.15) is 0 Å². The molecule has 0 saturated carbocycles. The normalized spacial score (nSPS) is 12.6. The molecule has 1 aromatic carbocycles. The van der Waals surface area contributed by atoms with Crippen LogP contribution in [-0.2, 0) is 0 Å². The summed E-state index contributed by atoms with van der Waals surface area (Å²) in [4.78, 5) is 0. The lowest BCUT2D eigenvalue weighted by molar-refractivity contribution is 0.177. The highest BCUT2D eigenvalue weighted by Gasteiger charge is 2.13. The summed E-state index contributed by atoms with van der Waals surface area (Å²) in [5.74, 6) is -0.340. The number of aliphatic hydroxyl groups is 1. The van der Waals surface area contributed by atoms with Crippen molar-refractivity contribution in [3.63, 3.8) is 0 Å². The fourth-order valence-corrected chi connectivity index (χ4v) is 1.70. The zero-order valence-corrected chi connectivity index (χ0v) is 10.1. The Morgan fingerprint density at radius 2 is 2.27 bits per heavy atom. The van der Waals surface area contributed by atoms with Gasteiger partial charge in [0.1, 0.15) is 0 Å². The van der Waals surface area contributed by atoms with E-state index < -0.39 is 11.9 Å². The number of ether oxygens (including phenoxy) is 1. The van der Waals surface area contributed by atoms with Crippen molar-refractivity contribution < 1.29 is 14.2 Å². The summed E-state index contributed by atoms with van der Waals surface area (Å²) in [6.45, 7) is 0.404. The summed E-state index contributed by atoms with van der Waals surface area (Å²) in [6.07, 6.45) is -0.680. The fraction of sp³-hybridized carbons (Fsp3) is 0.400. The van der Waals surface area contributed by atoms with Crippen molar-refractivity contribution in [2.45, 2.75) is 6.10 Å². The van der Waals surface area contributed by atoms with E-state index in [4.69, 9.17) is 4.74 Å². The van der Waals surface area contributed by atoms with Crippen molar-refractivity contribution in [3.05, 3.63) is 28.0 Å². The Labute approximate surface area is 96.4 Å². The minimum absolute atomic E-state index is 0.120. The summed E-state index contributed by atoms with van der Waals surface area (Å²) in [5, 5.41) is 12.5. The molecule has 5 heteroatoms. The second-order valence-corrected chi connectivity index (χ2v) is 3.95. The van der Waals surface area contributed by atoms with E-state index in [0.717, 1.165) is 0 Å². The summed E-state index contributed by atoms with van der Waals surface area (Å²) in [6, 6.07) is 3.03. The largest absolute Gasteiger partial charge is 0.494 e. The van der Waals surface area contributed by atoms with Crippen molar-refractivity contribution in [1.29, 1.82) is 0 Å². The van der Waals surface area contributed by atoms with Crippen LogP contribution in [0.3, 0.4) is 0 Å². The van der Waals surface area contributed by atoms with Crippen LogP contribution in [0.15, 0.2) is 16.6 Å². The van der Waals surface area contributed by atoms with Gasteiger partial charge in [0.15, 0.2) is 11.6 Å². The summed E-state index contributed by atoms with van der Waals surface area (Å²) in [5.41, 5.74) is 0.606. The molecule has 0 aliphatic carbocycles. The number of likely N-dealkylation sites (N-methyl/N-ethyl adjacent to an activating group) is 1. The molecule has 0 bridgehead atoms. The molecule has 2 N–H and O–H groups in total. The van der Waals surface area contributed by atoms with Gasteiger partial charge >= 0.3 is 0 Å². The molecule has 0 aromatic heterocycles. The Morgan fingerprint density at radius 3 is 2.80 bits per heavy atom. The SMILES string of the molecule is CNCC(O)c1cc(Br)c(F)c(OC)c1. The van der Waals surface area contributed by atoms with Gasteiger partial charge < -0.3 is 15.2 Å². The maximum atomic E-state index is 13.4. The van der Waals surface area contributed by atoms with Crippen LogP contribution in [0, 0.1) is 5.82 Å². The minimum Gasteiger partial charge on any atom is -0.494 e. The molecule has 1 aromatic rings. The molecule has 0 aliphatic rings. The average molecular weight is 278 g/mol. The van der Waals surface area contributed by atoms with Crippen molar-refractivity contribution >= 4 is 15.9 Å². The van der Waals surface area contributed by atoms with Gasteiger partial charge in [-0.25, -0.2) is 4.39 Å². The van der Waals surface area contributed by atoms with Crippen LogP contribution in [0.1, 0.15) is 11.7 Å². The molecule has 1 atom stereocenters. The fourth-order valence-electron chi connectivity index (χ4n) is 1.24. The highest BCUT2D eigenvalue weighted by atomic mass is 79.9. The first-order valence-electron chi connectivity index (χ1n) is 4.45. The molecule has 0 spiro atoms. The molecule has 0 fully saturated rings. The van der Waals surface area contributed by atoms with E-state index >= 15 is 0 Å². The molecule has 0 amide bonds. The molecule has 3 nitrogen and oxygen atoms in total. The van der Waals surface area contributed by atoms with Gasteiger partial charge in [-0.3, -0.25) is 0 Å². The van der Waals surface area contributed by atoms with Crippen LogP contribution < -0.4 is 10.1 Å². The van der Waals surface area contributed by atoms with Crippen LogP contribution in [-0.4, -0.2) is 25.8 Å². The average Bonchev–Trinajstić information content (AvgIpc) is 2.22. The number of nitrogens with one attached hydrogen (secondary N) is 1. The first-order chi connectivity index (χ1) is 7.10. The first kappa shape index (κ1) is 12.4. The zero-order chi connectivity index (χ0) is 11.4. The second kappa shape index (κ2) is 5.44. The van der Waals surface area contributed by atoms with Crippen molar-refractivity contribution in [1.82, 2.24) is 5.32 Å². The standard InChI is InChI=1S/C10H13BrFNO2/c1-13-5-8(14)6-3-7(11)10(12)9(4-6)15-2/h3-4,8,13-14H,5H2,1-2H3. The Hall–Kier alpha value is -0.650. The molecule has 0 heterocycles. The number of hydrogen-bond donors (Lipinski definition) is 2. The van der Waals surface area contributed by atoms with E-state index in [1.807, 2.05) is 0 Å². The molecule has 1 unspecified atom stereocenters. The highest BCUT2D eigenvalue weighted by molar-refractivity contribution is 9.10. The zero-order valence-electron chi connectivity index (χ0n) is 8.55. The van der Waals surface area contributed by atoms with E-state index in [0.29, 0.717) is 12.1 Å². The van der Waals surface area contributed by atoms with Crippen molar-refractivity contribution in [2.24, 2.45) is 0 Å². The lowest BCUT2D eigenvalue weighted by Crippen LogP contribution is -2.16. The molecule has 15 heavy (non-hydrogen) atoms. The number of hydrogen-bond acceptors (Lipinski definition) is 3. The minimum atomic E-state index is -0.680. The molecule has 0 aliphatic heterocycles. The Morgan fingerprint density at radius 1 is 1.60 bits per heavy atom. The Balaban J connectivity index is 3.05. The van der Waals surface area contributed by atoms with Crippen LogP contribution in [0.5, 0.6) is 5.75 Å². The summed E-state index contributed by atoms with van der Waals surface area (Å²) < 4.78 is 18.5. The van der Waals surface area contributed by atoms with Crippen molar-refractivity contribution in [2.75, 3.05) is 20.7 Å². The monoisotopic (exact) mass is 277 g/mol. The van der Waals surface area contributed by atoms with Gasteiger partial charge in [-0.05, 0) is 40.7 Å². The third-order valence-electron chi connectivity index (χ3n) is 2.02. The third-order valence-corrected chi connectivity index (χ3v) is 2.60. The number of benzene rings is 1. The van der Waals surface area contributed by atoms with Gasteiger partial charge in [-0.15, -0.1) is 0 Å². The van der Waals surface area contributed by atoms with Gasteiger partial charge in [0, 0.05) is 6.54 Å². The molecule has 84 valence electrons. The maximum Gasteiger partial charge on any atom is 0.179 e. The van der Waals surface area contributed by atoms with E-state index in [1.165, 1.54) is 13.2 Å². The quantitative estimate of drug-likeness (QED) is 0.883. The molecular formula is C10H13BrFNO2. The molecule has 1 rings (SSSR count). The summed E-state index contributed by atoms with van der Waals surface area (Å²) in [7, 11) is 3.12. The van der Waals surface area contributed by atoms with Gasteiger partial charge in [0.2, 0.25) is 0 Å². The van der Waals surface area contributed by atoms with Crippen LogP contribution in [0.25, 0.3) is 0 Å². The van der Waals surface area contributed by atoms with Crippen LogP contribution >= 0.6 is 15.9 Å². The maximum absolute atomic E-state index is 13.4. The first-order valence-corrected chi connectivity index (χ1v) is 5.25. The van der Waals surface area contributed by atoms with E-state index in [-0.39, 0.29) is 10.2 Å². The molecule has 0 saturated heterocycles. The highest BCUT2D eigenvalue weighted by Crippen LogP contribution is 2.29. The molecular weight excluding hydrogens is 265 g/mol. The Bertz CT molecular complexity index is 346. The topological polar surface area (TPSA) is 41.5 Å². The van der Waals surface area contributed by atoms with Gasteiger partial charge in [-0.1, -0.05) is 0 Å². The second-order valence-electron chi connectivity index (χ2n) is 3.09. The van der Waals surface area contributed by atoms with E-state index in [9.17, 15) is 9.50 Å². The van der Waals surface area contributed by atoms with E-state index in [1.54, 1.807) is 13.1 Å². The Kier molecular flexibility index (Phi) is 4.50. The lowest BCUT2D eigenvalue weighted by Gasteiger charge is -2.13. The van der Waals surface area contributed by atoms with Crippen LogP contribution in [0.2, 0.25) is 0 Å². The number of methoxy groups -OCH3 is 1. The third kappa shape index (κ3) is 2.90. The van der Waals surface area contributed by atoms with E-state index in [2.05, 4.69) is 21.2 Å². The number of rotatable bonds is 4. The number of aliphatic hydroxyl groups excluding tert-OH is 1. The number of halogens is 2. The smallest absolute Gasteiger partial charge is 0.179 e. The predicted octanol–water partition coefficient (Wildman–Crippen LogP) is 1.85. The summed E-state index contributed by atoms with van der Waals surface area (Å²) >= 11 is 3.07. The van der Waals surface area contributed by atoms with Crippen molar-refractivity contribution in [3.8, 4) is 5.75 Å². The van der Waals surface area contributed by atoms with Gasteiger partial charge in [0.25, 0.3) is 0 Å². The van der Waals surface area contributed by atoms with Gasteiger partial charge in [0.05, 0.1) is 17.7 Å². The lowest BCUT2D eigenvalue weighted by atomic mass is 10.1. The van der Waals surface area contributed by atoms with Crippen LogP contribution in [0.4, 0.5) is 4.39 Å². The molecule has 0 radical (unpaired) electrons. The predicted molar refractivity (Wildman–Crippen MR) is 59.5 cm³/mol.